The lowest BCUT2D eigenvalue weighted by Gasteiger charge is -2.06. The maximum atomic E-state index is 4.61. The summed E-state index contributed by atoms with van der Waals surface area (Å²) in [7, 11) is 0. The van der Waals surface area contributed by atoms with E-state index in [0.29, 0.717) is 0 Å². The number of hydrogen-bond acceptors (Lipinski definition) is 1. The van der Waals surface area contributed by atoms with Gasteiger partial charge in [-0.05, 0) is 35.4 Å². The number of nitrogens with zero attached hydrogens (tertiary/aromatic N) is 1. The van der Waals surface area contributed by atoms with Crippen LogP contribution in [0.25, 0.3) is 27.8 Å². The number of rotatable bonds is 4. The minimum Gasteiger partial charge on any atom is -0.256 e. The number of pyridine rings is 1. The molecule has 0 saturated heterocycles. The van der Waals surface area contributed by atoms with Crippen LogP contribution in [-0.4, -0.2) is 4.98 Å². The van der Waals surface area contributed by atoms with E-state index in [0.717, 1.165) is 18.4 Å². The summed E-state index contributed by atoms with van der Waals surface area (Å²) < 4.78 is 0. The van der Waals surface area contributed by atoms with Crippen LogP contribution in [0.2, 0.25) is 0 Å². The van der Waals surface area contributed by atoms with Crippen molar-refractivity contribution in [3.05, 3.63) is 96.2 Å². The Morgan fingerprint density at radius 1 is 0.750 bits per heavy atom. The van der Waals surface area contributed by atoms with Gasteiger partial charge in [-0.3, -0.25) is 4.98 Å². The van der Waals surface area contributed by atoms with E-state index < -0.39 is 0 Å². The van der Waals surface area contributed by atoms with E-state index >= 15 is 0 Å². The van der Waals surface area contributed by atoms with Gasteiger partial charge in [-0.25, -0.2) is 0 Å². The van der Waals surface area contributed by atoms with Crippen LogP contribution in [-0.2, 0) is 6.42 Å². The summed E-state index contributed by atoms with van der Waals surface area (Å²) in [5, 5.41) is 3.67. The van der Waals surface area contributed by atoms with E-state index in [9.17, 15) is 0 Å². The second kappa shape index (κ2) is 6.67. The minimum absolute atomic E-state index is 1.04. The van der Waals surface area contributed by atoms with Gasteiger partial charge in [0.2, 0.25) is 0 Å². The van der Waals surface area contributed by atoms with Crippen LogP contribution in [0.4, 0.5) is 0 Å². The molecule has 1 aromatic heterocycles. The molecule has 0 spiro atoms. The van der Waals surface area contributed by atoms with E-state index in [1.165, 1.54) is 27.3 Å². The average molecular weight is 309 g/mol. The van der Waals surface area contributed by atoms with Crippen molar-refractivity contribution in [3.63, 3.8) is 0 Å². The standard InChI is InChI=1S/C23H19N/c1-2-8-18(9-3-1)10-4-5-11-19-12-6-13-20-15-16-21-14-7-17-24-23(21)22(19)20/h1-3,5-9,11-17H,4,10H2. The third-order valence-corrected chi connectivity index (χ3v) is 4.39. The molecule has 0 atom stereocenters. The maximum absolute atomic E-state index is 4.61. The Balaban J connectivity index is 1.66. The normalized spacial score (nSPS) is 11.5. The molecule has 1 nitrogen and oxygen atoms in total. The van der Waals surface area contributed by atoms with Crippen LogP contribution in [0.3, 0.4) is 0 Å². The largest absolute Gasteiger partial charge is 0.256 e. The summed E-state index contributed by atoms with van der Waals surface area (Å²) >= 11 is 0. The number of aryl methyl sites for hydroxylation is 1. The third-order valence-electron chi connectivity index (χ3n) is 4.39. The third kappa shape index (κ3) is 2.93. The van der Waals surface area contributed by atoms with Crippen molar-refractivity contribution in [2.24, 2.45) is 0 Å². The minimum atomic E-state index is 1.04. The smallest absolute Gasteiger partial charge is 0.0786 e. The molecule has 3 aromatic carbocycles. The Hall–Kier alpha value is -2.93. The first kappa shape index (κ1) is 14.6. The second-order valence-corrected chi connectivity index (χ2v) is 6.01. The Morgan fingerprint density at radius 2 is 1.58 bits per heavy atom. The molecule has 4 rings (SSSR count). The fourth-order valence-corrected chi connectivity index (χ4v) is 3.19. The predicted molar refractivity (Wildman–Crippen MR) is 103 cm³/mol. The molecule has 0 aliphatic rings. The monoisotopic (exact) mass is 309 g/mol. The number of aromatic nitrogens is 1. The summed E-state index contributed by atoms with van der Waals surface area (Å²) in [5.74, 6) is 0. The van der Waals surface area contributed by atoms with E-state index in [1.54, 1.807) is 0 Å². The maximum Gasteiger partial charge on any atom is 0.0786 e. The molecule has 0 aliphatic carbocycles. The quantitative estimate of drug-likeness (QED) is 0.419. The Labute approximate surface area is 142 Å². The lowest BCUT2D eigenvalue weighted by atomic mass is 10.00. The van der Waals surface area contributed by atoms with Crippen LogP contribution in [0.15, 0.2) is 85.1 Å². The molecule has 0 amide bonds. The molecule has 116 valence electrons. The molecule has 0 aliphatic heterocycles. The summed E-state index contributed by atoms with van der Waals surface area (Å²) in [6, 6.07) is 25.5. The zero-order valence-corrected chi connectivity index (χ0v) is 13.5. The highest BCUT2D eigenvalue weighted by Crippen LogP contribution is 2.27. The fraction of sp³-hybridized carbons (Fsp3) is 0.0870. The van der Waals surface area contributed by atoms with Crippen molar-refractivity contribution in [3.8, 4) is 0 Å². The SMILES string of the molecule is C(=Cc1cccc2ccc3cccnc3c12)CCc1ccccc1. The molecule has 24 heavy (non-hydrogen) atoms. The Kier molecular flexibility index (Phi) is 4.07. The summed E-state index contributed by atoms with van der Waals surface area (Å²) in [4.78, 5) is 4.61. The zero-order chi connectivity index (χ0) is 16.2. The van der Waals surface area contributed by atoms with Crippen molar-refractivity contribution in [1.29, 1.82) is 0 Å². The summed E-state index contributed by atoms with van der Waals surface area (Å²) in [5.41, 5.74) is 3.70. The highest BCUT2D eigenvalue weighted by atomic mass is 14.6. The van der Waals surface area contributed by atoms with Gasteiger partial charge >= 0.3 is 0 Å². The van der Waals surface area contributed by atoms with Crippen LogP contribution >= 0.6 is 0 Å². The highest BCUT2D eigenvalue weighted by Gasteiger charge is 2.04. The van der Waals surface area contributed by atoms with E-state index in [2.05, 4.69) is 83.9 Å². The number of allylic oxidation sites excluding steroid dienone is 1. The predicted octanol–water partition coefficient (Wildman–Crippen LogP) is 6.03. The number of hydrogen-bond donors (Lipinski definition) is 0. The van der Waals surface area contributed by atoms with Gasteiger partial charge in [-0.15, -0.1) is 0 Å². The van der Waals surface area contributed by atoms with E-state index in [4.69, 9.17) is 0 Å². The zero-order valence-electron chi connectivity index (χ0n) is 13.5. The van der Waals surface area contributed by atoms with Crippen molar-refractivity contribution in [2.75, 3.05) is 0 Å². The number of fused-ring (bicyclic) bond motifs is 3. The molecule has 1 heteroatoms. The van der Waals surface area contributed by atoms with Crippen LogP contribution in [0.5, 0.6) is 0 Å². The van der Waals surface area contributed by atoms with Gasteiger partial charge < -0.3 is 0 Å². The summed E-state index contributed by atoms with van der Waals surface area (Å²) in [6.07, 6.45) is 8.49. The van der Waals surface area contributed by atoms with Gasteiger partial charge in [0.1, 0.15) is 0 Å². The molecule has 0 fully saturated rings. The highest BCUT2D eigenvalue weighted by molar-refractivity contribution is 6.09. The molecule has 1 heterocycles. The molecule has 0 unspecified atom stereocenters. The molecular formula is C23H19N. The van der Waals surface area contributed by atoms with Crippen molar-refractivity contribution >= 4 is 27.8 Å². The lowest BCUT2D eigenvalue weighted by Crippen LogP contribution is -1.85. The van der Waals surface area contributed by atoms with Gasteiger partial charge in [-0.2, -0.15) is 0 Å². The second-order valence-electron chi connectivity index (χ2n) is 6.01. The first-order valence-electron chi connectivity index (χ1n) is 8.39. The molecule has 0 saturated carbocycles. The van der Waals surface area contributed by atoms with Gasteiger partial charge in [0.15, 0.2) is 0 Å². The molecule has 4 aromatic rings. The topological polar surface area (TPSA) is 12.9 Å². The van der Waals surface area contributed by atoms with Gasteiger partial charge in [0, 0.05) is 17.0 Å². The van der Waals surface area contributed by atoms with Crippen LogP contribution in [0.1, 0.15) is 17.5 Å². The van der Waals surface area contributed by atoms with Crippen molar-refractivity contribution in [2.45, 2.75) is 12.8 Å². The Bertz CT molecular complexity index is 1000. The summed E-state index contributed by atoms with van der Waals surface area (Å²) in [6.45, 7) is 0. The van der Waals surface area contributed by atoms with Crippen molar-refractivity contribution < 1.29 is 0 Å². The molecular weight excluding hydrogens is 290 g/mol. The average Bonchev–Trinajstić information content (AvgIpc) is 2.66. The Morgan fingerprint density at radius 3 is 2.50 bits per heavy atom. The number of benzene rings is 3. The first-order chi connectivity index (χ1) is 11.9. The molecule has 0 radical (unpaired) electrons. The van der Waals surface area contributed by atoms with Gasteiger partial charge in [0.25, 0.3) is 0 Å². The lowest BCUT2D eigenvalue weighted by molar-refractivity contribution is 1.01. The van der Waals surface area contributed by atoms with Crippen LogP contribution in [0, 0.1) is 0 Å². The van der Waals surface area contributed by atoms with E-state index in [1.807, 2.05) is 12.3 Å². The fourth-order valence-electron chi connectivity index (χ4n) is 3.19. The van der Waals surface area contributed by atoms with Crippen LogP contribution < -0.4 is 0 Å². The van der Waals surface area contributed by atoms with E-state index in [-0.39, 0.29) is 0 Å². The van der Waals surface area contributed by atoms with Gasteiger partial charge in [-0.1, -0.05) is 78.9 Å². The first-order valence-corrected chi connectivity index (χ1v) is 8.39. The van der Waals surface area contributed by atoms with Crippen molar-refractivity contribution in [1.82, 2.24) is 4.98 Å². The van der Waals surface area contributed by atoms with Gasteiger partial charge in [0.05, 0.1) is 5.52 Å². The molecule has 0 bridgehead atoms. The molecule has 0 N–H and O–H groups in total.